The third kappa shape index (κ3) is 2.73. The molecule has 0 atom stereocenters. The summed E-state index contributed by atoms with van der Waals surface area (Å²) < 4.78 is 5.10. The summed E-state index contributed by atoms with van der Waals surface area (Å²) in [6, 6.07) is 4.65. The average molecular weight is 262 g/mol. The van der Waals surface area contributed by atoms with E-state index in [0.29, 0.717) is 0 Å². The number of benzene rings is 1. The van der Waals surface area contributed by atoms with Gasteiger partial charge in [0.2, 0.25) is 0 Å². The fourth-order valence-corrected chi connectivity index (χ4v) is 1.74. The zero-order valence-electron chi connectivity index (χ0n) is 10.9. The van der Waals surface area contributed by atoms with Crippen LogP contribution in [0.4, 0.5) is 10.5 Å². The van der Waals surface area contributed by atoms with Crippen LogP contribution in [0, 0.1) is 0 Å². The van der Waals surface area contributed by atoms with Crippen LogP contribution in [0.3, 0.4) is 0 Å². The van der Waals surface area contributed by atoms with Gasteiger partial charge in [-0.3, -0.25) is 20.2 Å². The minimum Gasteiger partial charge on any atom is -0.444 e. The Morgan fingerprint density at radius 1 is 1.21 bits per heavy atom. The predicted molar refractivity (Wildman–Crippen MR) is 68.1 cm³/mol. The number of imide groups is 1. The Hall–Kier alpha value is -2.37. The van der Waals surface area contributed by atoms with Crippen molar-refractivity contribution in [3.8, 4) is 0 Å². The highest BCUT2D eigenvalue weighted by Gasteiger charge is 2.30. The number of hydrogen-bond acceptors (Lipinski definition) is 4. The first-order chi connectivity index (χ1) is 8.78. The van der Waals surface area contributed by atoms with Gasteiger partial charge in [-0.05, 0) is 32.9 Å². The number of rotatable bonds is 1. The lowest BCUT2D eigenvalue weighted by atomic mass is 10.1. The maximum Gasteiger partial charge on any atom is 0.412 e. The quantitative estimate of drug-likeness (QED) is 0.757. The lowest BCUT2D eigenvalue weighted by Gasteiger charge is -2.20. The van der Waals surface area contributed by atoms with Crippen molar-refractivity contribution in [1.29, 1.82) is 0 Å². The molecule has 6 heteroatoms. The molecule has 0 saturated heterocycles. The van der Waals surface area contributed by atoms with Crippen molar-refractivity contribution >= 4 is 23.6 Å². The monoisotopic (exact) mass is 262 g/mol. The van der Waals surface area contributed by atoms with Crippen molar-refractivity contribution < 1.29 is 19.1 Å². The van der Waals surface area contributed by atoms with Gasteiger partial charge < -0.3 is 4.74 Å². The number of anilines is 1. The molecule has 19 heavy (non-hydrogen) atoms. The molecule has 1 heterocycles. The molecule has 0 radical (unpaired) electrons. The van der Waals surface area contributed by atoms with Crippen LogP contribution < -0.4 is 10.6 Å². The molecule has 0 aromatic heterocycles. The highest BCUT2D eigenvalue weighted by molar-refractivity contribution is 6.24. The van der Waals surface area contributed by atoms with Gasteiger partial charge in [0.05, 0.1) is 16.8 Å². The van der Waals surface area contributed by atoms with Crippen molar-refractivity contribution in [3.63, 3.8) is 0 Å². The van der Waals surface area contributed by atoms with Crippen molar-refractivity contribution in [2.75, 3.05) is 5.32 Å². The Labute approximate surface area is 110 Å². The molecule has 0 saturated carbocycles. The van der Waals surface area contributed by atoms with E-state index in [1.165, 1.54) is 6.07 Å². The van der Waals surface area contributed by atoms with Gasteiger partial charge in [0.15, 0.2) is 0 Å². The van der Waals surface area contributed by atoms with Gasteiger partial charge in [0.25, 0.3) is 11.8 Å². The summed E-state index contributed by atoms with van der Waals surface area (Å²) in [7, 11) is 0. The number of ether oxygens (including phenoxy) is 1. The molecule has 0 bridgehead atoms. The number of carbonyl (C=O) groups excluding carboxylic acids is 3. The first kappa shape index (κ1) is 13.1. The largest absolute Gasteiger partial charge is 0.444 e. The number of amides is 3. The number of fused-ring (bicyclic) bond motifs is 1. The standard InChI is InChI=1S/C13H14N2O4/c1-13(2,3)19-12(18)14-8-6-4-5-7-9(8)11(17)15-10(7)16/h4-6H,1-3H3,(H,14,18)(H,15,16,17). The fraction of sp³-hybridized carbons (Fsp3) is 0.308. The molecule has 1 aromatic carbocycles. The Balaban J connectivity index is 2.26. The highest BCUT2D eigenvalue weighted by atomic mass is 16.6. The van der Waals surface area contributed by atoms with Gasteiger partial charge in [-0.15, -0.1) is 0 Å². The molecule has 1 aromatic rings. The zero-order chi connectivity index (χ0) is 14.2. The highest BCUT2D eigenvalue weighted by Crippen LogP contribution is 2.24. The lowest BCUT2D eigenvalue weighted by Crippen LogP contribution is -2.28. The summed E-state index contributed by atoms with van der Waals surface area (Å²) in [5.41, 5.74) is 0.0344. The molecule has 6 nitrogen and oxygen atoms in total. The van der Waals surface area contributed by atoms with Crippen LogP contribution in [0.5, 0.6) is 0 Å². The SMILES string of the molecule is CC(C)(C)OC(=O)Nc1cccc2c1C(=O)NC2=O. The topological polar surface area (TPSA) is 84.5 Å². The molecule has 3 amide bonds. The van der Waals surface area contributed by atoms with Crippen LogP contribution in [-0.2, 0) is 4.74 Å². The molecule has 1 aliphatic heterocycles. The zero-order valence-corrected chi connectivity index (χ0v) is 10.9. The Kier molecular flexibility index (Phi) is 3.01. The molecule has 0 spiro atoms. The molecule has 0 unspecified atom stereocenters. The molecule has 0 fully saturated rings. The number of nitrogens with one attached hydrogen (secondary N) is 2. The number of carbonyl (C=O) groups is 3. The second-order valence-corrected chi connectivity index (χ2v) is 5.14. The third-order valence-corrected chi connectivity index (χ3v) is 2.40. The number of hydrogen-bond donors (Lipinski definition) is 2. The first-order valence-corrected chi connectivity index (χ1v) is 5.76. The van der Waals surface area contributed by atoms with Crippen molar-refractivity contribution in [3.05, 3.63) is 29.3 Å². The summed E-state index contributed by atoms with van der Waals surface area (Å²) in [4.78, 5) is 34.8. The van der Waals surface area contributed by atoms with E-state index in [4.69, 9.17) is 4.74 Å². The molecule has 2 N–H and O–H groups in total. The minimum absolute atomic E-state index is 0.165. The summed E-state index contributed by atoms with van der Waals surface area (Å²) in [6.45, 7) is 5.20. The summed E-state index contributed by atoms with van der Waals surface area (Å²) in [5, 5.41) is 4.65. The maximum absolute atomic E-state index is 11.7. The van der Waals surface area contributed by atoms with Gasteiger partial charge >= 0.3 is 6.09 Å². The maximum atomic E-state index is 11.7. The van der Waals surface area contributed by atoms with E-state index in [-0.39, 0.29) is 16.8 Å². The van der Waals surface area contributed by atoms with E-state index in [9.17, 15) is 14.4 Å². The van der Waals surface area contributed by atoms with E-state index < -0.39 is 23.5 Å². The van der Waals surface area contributed by atoms with Crippen LogP contribution in [0.2, 0.25) is 0 Å². The molecule has 100 valence electrons. The smallest absolute Gasteiger partial charge is 0.412 e. The molecular formula is C13H14N2O4. The van der Waals surface area contributed by atoms with Crippen LogP contribution in [0.15, 0.2) is 18.2 Å². The van der Waals surface area contributed by atoms with Crippen molar-refractivity contribution in [2.45, 2.75) is 26.4 Å². The minimum atomic E-state index is -0.673. The van der Waals surface area contributed by atoms with Gasteiger partial charge in [0, 0.05) is 0 Å². The van der Waals surface area contributed by atoms with Crippen molar-refractivity contribution in [1.82, 2.24) is 5.32 Å². The summed E-state index contributed by atoms with van der Waals surface area (Å²) >= 11 is 0. The van der Waals surface area contributed by atoms with E-state index >= 15 is 0 Å². The Morgan fingerprint density at radius 2 is 1.89 bits per heavy atom. The van der Waals surface area contributed by atoms with Gasteiger partial charge in [0.1, 0.15) is 5.60 Å². The Bertz CT molecular complexity index is 572. The van der Waals surface area contributed by atoms with E-state index in [0.717, 1.165) is 0 Å². The van der Waals surface area contributed by atoms with Gasteiger partial charge in [-0.25, -0.2) is 4.79 Å². The molecule has 1 aliphatic rings. The Morgan fingerprint density at radius 3 is 2.53 bits per heavy atom. The second kappa shape index (κ2) is 4.38. The van der Waals surface area contributed by atoms with Crippen LogP contribution in [-0.4, -0.2) is 23.5 Å². The van der Waals surface area contributed by atoms with Crippen molar-refractivity contribution in [2.24, 2.45) is 0 Å². The summed E-state index contributed by atoms with van der Waals surface area (Å²) in [5.74, 6) is -0.987. The van der Waals surface area contributed by atoms with Crippen LogP contribution in [0.1, 0.15) is 41.5 Å². The third-order valence-electron chi connectivity index (χ3n) is 2.40. The van der Waals surface area contributed by atoms with E-state index in [1.807, 2.05) is 0 Å². The van der Waals surface area contributed by atoms with Crippen LogP contribution in [0.25, 0.3) is 0 Å². The van der Waals surface area contributed by atoms with Gasteiger partial charge in [-0.1, -0.05) is 6.07 Å². The summed E-state index contributed by atoms with van der Waals surface area (Å²) in [6.07, 6.45) is -0.673. The lowest BCUT2D eigenvalue weighted by molar-refractivity contribution is 0.0635. The predicted octanol–water partition coefficient (Wildman–Crippen LogP) is 1.92. The van der Waals surface area contributed by atoms with E-state index in [1.54, 1.807) is 32.9 Å². The first-order valence-electron chi connectivity index (χ1n) is 5.76. The average Bonchev–Trinajstić information content (AvgIpc) is 2.53. The molecule has 0 aliphatic carbocycles. The van der Waals surface area contributed by atoms with E-state index in [2.05, 4.69) is 10.6 Å². The fourth-order valence-electron chi connectivity index (χ4n) is 1.74. The van der Waals surface area contributed by atoms with Crippen LogP contribution >= 0.6 is 0 Å². The van der Waals surface area contributed by atoms with Gasteiger partial charge in [-0.2, -0.15) is 0 Å². The second-order valence-electron chi connectivity index (χ2n) is 5.14. The normalized spacial score (nSPS) is 13.8. The molecular weight excluding hydrogens is 248 g/mol. The molecule has 2 rings (SSSR count).